The van der Waals surface area contributed by atoms with Crippen molar-refractivity contribution in [1.82, 2.24) is 10.2 Å². The molecule has 0 spiro atoms. The van der Waals surface area contributed by atoms with Gasteiger partial charge in [0.25, 0.3) is 0 Å². The van der Waals surface area contributed by atoms with Crippen molar-refractivity contribution in [3.63, 3.8) is 0 Å². The molecule has 0 atom stereocenters. The van der Waals surface area contributed by atoms with E-state index in [-0.39, 0.29) is 17.9 Å². The van der Waals surface area contributed by atoms with Gasteiger partial charge in [0.1, 0.15) is 0 Å². The summed E-state index contributed by atoms with van der Waals surface area (Å²) in [7, 11) is 3.22. The molecule has 0 aliphatic carbocycles. The Morgan fingerprint density at radius 2 is 1.58 bits per heavy atom. The number of carbonyl (C=O) groups excluding carboxylic acids is 2. The predicted octanol–water partition coefficient (Wildman–Crippen LogP) is 3.38. The van der Waals surface area contributed by atoms with Crippen LogP contribution < -0.4 is 14.8 Å². The lowest BCUT2D eigenvalue weighted by Gasteiger charge is -2.32. The average molecular weight is 425 g/mol. The van der Waals surface area contributed by atoms with Crippen LogP contribution in [0, 0.1) is 0 Å². The number of nitrogens with zero attached hydrogens (tertiary/aromatic N) is 1. The summed E-state index contributed by atoms with van der Waals surface area (Å²) in [5, 5.41) is 3.13. The minimum atomic E-state index is 0.0853. The molecule has 0 bridgehead atoms. The number of methoxy groups -OCH3 is 2. The SMILES string of the molecule is COc1ccc(CCC(=O)N2CCC(NC(=O)CCc3ccccc3)CC2)cc1OC. The lowest BCUT2D eigenvalue weighted by atomic mass is 10.0. The van der Waals surface area contributed by atoms with Crippen LogP contribution in [0.15, 0.2) is 48.5 Å². The number of likely N-dealkylation sites (tertiary alicyclic amines) is 1. The Morgan fingerprint density at radius 1 is 0.903 bits per heavy atom. The highest BCUT2D eigenvalue weighted by atomic mass is 16.5. The lowest BCUT2D eigenvalue weighted by molar-refractivity contribution is -0.132. The van der Waals surface area contributed by atoms with Gasteiger partial charge in [0.05, 0.1) is 14.2 Å². The topological polar surface area (TPSA) is 67.9 Å². The zero-order chi connectivity index (χ0) is 22.1. The molecule has 0 saturated carbocycles. The molecule has 0 radical (unpaired) electrons. The molecule has 2 amide bonds. The molecule has 2 aromatic rings. The Bertz CT molecular complexity index is 861. The molecule has 1 aliphatic rings. The Hall–Kier alpha value is -3.02. The number of nitrogens with one attached hydrogen (secondary N) is 1. The minimum absolute atomic E-state index is 0.0853. The third kappa shape index (κ3) is 6.74. The van der Waals surface area contributed by atoms with E-state index < -0.39 is 0 Å². The van der Waals surface area contributed by atoms with Crippen LogP contribution in [0.25, 0.3) is 0 Å². The Balaban J connectivity index is 1.38. The summed E-state index contributed by atoms with van der Waals surface area (Å²) >= 11 is 0. The van der Waals surface area contributed by atoms with E-state index >= 15 is 0 Å². The first-order chi connectivity index (χ1) is 15.1. The molecule has 166 valence electrons. The molecule has 0 aromatic heterocycles. The van der Waals surface area contributed by atoms with Gasteiger partial charge in [0, 0.05) is 32.0 Å². The van der Waals surface area contributed by atoms with Gasteiger partial charge in [-0.3, -0.25) is 9.59 Å². The minimum Gasteiger partial charge on any atom is -0.493 e. The van der Waals surface area contributed by atoms with Crippen molar-refractivity contribution in [1.29, 1.82) is 0 Å². The number of amides is 2. The molecule has 1 N–H and O–H groups in total. The van der Waals surface area contributed by atoms with Crippen molar-refractivity contribution < 1.29 is 19.1 Å². The van der Waals surface area contributed by atoms with E-state index in [0.29, 0.717) is 43.9 Å². The lowest BCUT2D eigenvalue weighted by Crippen LogP contribution is -2.46. The zero-order valence-electron chi connectivity index (χ0n) is 18.4. The first-order valence-corrected chi connectivity index (χ1v) is 10.9. The van der Waals surface area contributed by atoms with Crippen LogP contribution >= 0.6 is 0 Å². The van der Waals surface area contributed by atoms with Crippen LogP contribution in [0.5, 0.6) is 11.5 Å². The van der Waals surface area contributed by atoms with Crippen molar-refractivity contribution in [3.8, 4) is 11.5 Å². The van der Waals surface area contributed by atoms with E-state index in [1.807, 2.05) is 53.4 Å². The van der Waals surface area contributed by atoms with Crippen LogP contribution in [0.4, 0.5) is 0 Å². The number of carbonyl (C=O) groups is 2. The van der Waals surface area contributed by atoms with Gasteiger partial charge in [-0.25, -0.2) is 0 Å². The molecule has 6 nitrogen and oxygen atoms in total. The Kier molecular flexibility index (Phi) is 8.33. The monoisotopic (exact) mass is 424 g/mol. The van der Waals surface area contributed by atoms with Crippen molar-refractivity contribution in [2.45, 2.75) is 44.6 Å². The Morgan fingerprint density at radius 3 is 2.26 bits per heavy atom. The normalized spacial score (nSPS) is 14.2. The van der Waals surface area contributed by atoms with E-state index in [1.54, 1.807) is 14.2 Å². The molecule has 3 rings (SSSR count). The summed E-state index contributed by atoms with van der Waals surface area (Å²) in [6.07, 6.45) is 3.98. The quantitative estimate of drug-likeness (QED) is 0.670. The van der Waals surface area contributed by atoms with Crippen molar-refractivity contribution >= 4 is 11.8 Å². The van der Waals surface area contributed by atoms with E-state index in [4.69, 9.17) is 9.47 Å². The van der Waals surface area contributed by atoms with Crippen LogP contribution in [0.2, 0.25) is 0 Å². The first kappa shape index (κ1) is 22.7. The number of piperidine rings is 1. The van der Waals surface area contributed by atoms with Crippen molar-refractivity contribution in [2.24, 2.45) is 0 Å². The number of ether oxygens (including phenoxy) is 2. The molecule has 6 heteroatoms. The summed E-state index contributed by atoms with van der Waals surface area (Å²) in [6.45, 7) is 1.38. The zero-order valence-corrected chi connectivity index (χ0v) is 18.4. The van der Waals surface area contributed by atoms with Gasteiger partial charge in [0.15, 0.2) is 11.5 Å². The summed E-state index contributed by atoms with van der Waals surface area (Å²) in [4.78, 5) is 26.8. The molecule has 0 unspecified atom stereocenters. The molecule has 31 heavy (non-hydrogen) atoms. The molecule has 1 heterocycles. The van der Waals surface area contributed by atoms with Crippen LogP contribution in [0.1, 0.15) is 36.8 Å². The van der Waals surface area contributed by atoms with Crippen LogP contribution in [-0.4, -0.2) is 50.1 Å². The maximum absolute atomic E-state index is 12.6. The number of aryl methyl sites for hydroxylation is 2. The van der Waals surface area contributed by atoms with Gasteiger partial charge in [0.2, 0.25) is 11.8 Å². The first-order valence-electron chi connectivity index (χ1n) is 10.9. The van der Waals surface area contributed by atoms with Crippen LogP contribution in [-0.2, 0) is 22.4 Å². The van der Waals surface area contributed by atoms with Crippen molar-refractivity contribution in [2.75, 3.05) is 27.3 Å². The van der Waals surface area contributed by atoms with E-state index in [1.165, 1.54) is 5.56 Å². The standard InChI is InChI=1S/C25H32N2O4/c1-30-22-11-8-20(18-23(22)31-2)10-13-25(29)27-16-14-21(15-17-27)26-24(28)12-9-19-6-4-3-5-7-19/h3-8,11,18,21H,9-10,12-17H2,1-2H3,(H,26,28). The highest BCUT2D eigenvalue weighted by Gasteiger charge is 2.23. The van der Waals surface area contributed by atoms with Gasteiger partial charge >= 0.3 is 0 Å². The molecule has 1 fully saturated rings. The maximum Gasteiger partial charge on any atom is 0.222 e. The predicted molar refractivity (Wildman–Crippen MR) is 120 cm³/mol. The fraction of sp³-hybridized carbons (Fsp3) is 0.440. The molecular formula is C25H32N2O4. The summed E-state index contributed by atoms with van der Waals surface area (Å²) in [5.74, 6) is 1.60. The van der Waals surface area contributed by atoms with Gasteiger partial charge in [-0.2, -0.15) is 0 Å². The number of hydrogen-bond donors (Lipinski definition) is 1. The second kappa shape index (κ2) is 11.4. The highest BCUT2D eigenvalue weighted by Crippen LogP contribution is 2.28. The molecule has 1 saturated heterocycles. The molecular weight excluding hydrogens is 392 g/mol. The number of rotatable bonds is 9. The van der Waals surface area contributed by atoms with E-state index in [0.717, 1.165) is 24.8 Å². The third-order valence-corrected chi connectivity index (χ3v) is 5.77. The third-order valence-electron chi connectivity index (χ3n) is 5.77. The fourth-order valence-electron chi connectivity index (χ4n) is 3.92. The second-order valence-electron chi connectivity index (χ2n) is 7.90. The largest absolute Gasteiger partial charge is 0.493 e. The number of benzene rings is 2. The number of hydrogen-bond acceptors (Lipinski definition) is 4. The summed E-state index contributed by atoms with van der Waals surface area (Å²) in [6, 6.07) is 15.9. The van der Waals surface area contributed by atoms with Crippen molar-refractivity contribution in [3.05, 3.63) is 59.7 Å². The van der Waals surface area contributed by atoms with Gasteiger partial charge < -0.3 is 19.7 Å². The fourth-order valence-corrected chi connectivity index (χ4v) is 3.92. The second-order valence-corrected chi connectivity index (χ2v) is 7.90. The maximum atomic E-state index is 12.6. The average Bonchev–Trinajstić information content (AvgIpc) is 2.82. The summed E-state index contributed by atoms with van der Waals surface area (Å²) in [5.41, 5.74) is 2.22. The summed E-state index contributed by atoms with van der Waals surface area (Å²) < 4.78 is 10.6. The van der Waals surface area contributed by atoms with E-state index in [2.05, 4.69) is 5.32 Å². The van der Waals surface area contributed by atoms with Gasteiger partial charge in [-0.15, -0.1) is 0 Å². The molecule has 2 aromatic carbocycles. The molecule has 1 aliphatic heterocycles. The smallest absolute Gasteiger partial charge is 0.222 e. The van der Waals surface area contributed by atoms with Gasteiger partial charge in [-0.05, 0) is 48.9 Å². The Labute approximate surface area is 184 Å². The highest BCUT2D eigenvalue weighted by molar-refractivity contribution is 5.77. The van der Waals surface area contributed by atoms with Crippen LogP contribution in [0.3, 0.4) is 0 Å². The van der Waals surface area contributed by atoms with E-state index in [9.17, 15) is 9.59 Å². The van der Waals surface area contributed by atoms with Gasteiger partial charge in [-0.1, -0.05) is 36.4 Å².